The van der Waals surface area contributed by atoms with Crippen LogP contribution in [0.2, 0.25) is 0 Å². The molecule has 5 rings (SSSR count). The van der Waals surface area contributed by atoms with Gasteiger partial charge in [0.05, 0.1) is 5.56 Å². The highest BCUT2D eigenvalue weighted by atomic mass is 16.7. The van der Waals surface area contributed by atoms with Crippen LogP contribution in [0, 0.1) is 5.92 Å². The van der Waals surface area contributed by atoms with E-state index < -0.39 is 18.0 Å². The number of aliphatic hydroxyl groups excluding tert-OH is 1. The number of aromatic nitrogens is 3. The molecular formula is C27H33N5O5. The molecule has 3 aromatic heterocycles. The third-order valence-corrected chi connectivity index (χ3v) is 7.46. The molecule has 0 bridgehead atoms. The van der Waals surface area contributed by atoms with Crippen molar-refractivity contribution >= 4 is 28.8 Å². The van der Waals surface area contributed by atoms with Crippen LogP contribution in [-0.4, -0.2) is 67.0 Å². The minimum atomic E-state index is -1.13. The van der Waals surface area contributed by atoms with Gasteiger partial charge in [0.25, 0.3) is 0 Å². The van der Waals surface area contributed by atoms with Crippen molar-refractivity contribution in [3.63, 3.8) is 0 Å². The third-order valence-electron chi connectivity index (χ3n) is 7.46. The molecule has 3 N–H and O–H groups in total. The van der Waals surface area contributed by atoms with Crippen LogP contribution in [0.25, 0.3) is 11.0 Å². The summed E-state index contributed by atoms with van der Waals surface area (Å²) in [6, 6.07) is 6.44. The molecule has 4 heterocycles. The Kier molecular flexibility index (Phi) is 7.38. The SMILES string of the molecule is Cn1ccc2cc(C(=O)ON(C3CC(CCc4ccc5c(n4)NCCC5)C3)[C@@H](CCO)C(=O)O)cnc21. The standard InChI is InChI=1S/C27H33N5O5/c1-31-11-8-19-15-20(16-29-25(19)31)27(36)37-32(23(9-12-33)26(34)35)22-13-17(14-22)4-6-21-7-5-18-3-2-10-28-24(18)30-21/h5,7-8,11,15-17,22-23,33H,2-4,6,9-10,12-14H2,1H3,(H,28,30)(H,34,35)/t17?,22?,23-/m0/s1. The zero-order chi connectivity index (χ0) is 25.9. The fourth-order valence-electron chi connectivity index (χ4n) is 5.29. The number of aliphatic carboxylic acids is 1. The van der Waals surface area contributed by atoms with Gasteiger partial charge in [0.15, 0.2) is 0 Å². The summed E-state index contributed by atoms with van der Waals surface area (Å²) in [7, 11) is 1.87. The summed E-state index contributed by atoms with van der Waals surface area (Å²) < 4.78 is 1.85. The number of rotatable bonds is 10. The van der Waals surface area contributed by atoms with Crippen molar-refractivity contribution in [3.8, 4) is 0 Å². The predicted octanol–water partition coefficient (Wildman–Crippen LogP) is 2.95. The summed E-state index contributed by atoms with van der Waals surface area (Å²) >= 11 is 0. The van der Waals surface area contributed by atoms with Gasteiger partial charge >= 0.3 is 11.9 Å². The van der Waals surface area contributed by atoms with Crippen molar-refractivity contribution in [2.24, 2.45) is 13.0 Å². The molecule has 0 unspecified atom stereocenters. The lowest BCUT2D eigenvalue weighted by atomic mass is 9.76. The number of carbonyl (C=O) groups is 2. The Hall–Kier alpha value is -3.50. The van der Waals surface area contributed by atoms with E-state index in [0.29, 0.717) is 18.8 Å². The average molecular weight is 508 g/mol. The number of carbonyl (C=O) groups excluding carboxylic acids is 1. The first-order valence-electron chi connectivity index (χ1n) is 12.9. The molecule has 0 spiro atoms. The first kappa shape index (κ1) is 25.2. The number of fused-ring (bicyclic) bond motifs is 2. The number of hydrogen-bond donors (Lipinski definition) is 3. The van der Waals surface area contributed by atoms with E-state index in [2.05, 4.69) is 22.4 Å². The number of aliphatic hydroxyl groups is 1. The lowest BCUT2D eigenvalue weighted by Crippen LogP contribution is -2.53. The zero-order valence-corrected chi connectivity index (χ0v) is 21.0. The molecule has 0 aromatic carbocycles. The maximum Gasteiger partial charge on any atom is 0.358 e. The predicted molar refractivity (Wildman–Crippen MR) is 137 cm³/mol. The van der Waals surface area contributed by atoms with Crippen molar-refractivity contribution in [2.75, 3.05) is 18.5 Å². The molecule has 37 heavy (non-hydrogen) atoms. The number of carboxylic acid groups (broad SMARTS) is 1. The van der Waals surface area contributed by atoms with Gasteiger partial charge in [-0.2, -0.15) is 0 Å². The number of hydroxylamine groups is 2. The van der Waals surface area contributed by atoms with Gasteiger partial charge in [-0.05, 0) is 74.6 Å². The maximum atomic E-state index is 13.0. The molecule has 1 atom stereocenters. The van der Waals surface area contributed by atoms with Gasteiger partial charge in [-0.25, -0.2) is 14.8 Å². The van der Waals surface area contributed by atoms with Crippen molar-refractivity contribution in [1.82, 2.24) is 19.6 Å². The van der Waals surface area contributed by atoms with Crippen LogP contribution >= 0.6 is 0 Å². The first-order valence-corrected chi connectivity index (χ1v) is 12.9. The van der Waals surface area contributed by atoms with Gasteiger partial charge in [0, 0.05) is 49.7 Å². The molecule has 1 aliphatic carbocycles. The monoisotopic (exact) mass is 507 g/mol. The largest absolute Gasteiger partial charge is 0.480 e. The van der Waals surface area contributed by atoms with Gasteiger partial charge in [-0.15, -0.1) is 5.06 Å². The fourth-order valence-corrected chi connectivity index (χ4v) is 5.29. The van der Waals surface area contributed by atoms with Crippen molar-refractivity contribution < 1.29 is 24.6 Å². The molecule has 0 saturated heterocycles. The minimum absolute atomic E-state index is 0.0359. The molecule has 10 heteroatoms. The third kappa shape index (κ3) is 5.45. The Bertz CT molecular complexity index is 1290. The van der Waals surface area contributed by atoms with Crippen LogP contribution in [-0.2, 0) is 29.5 Å². The molecule has 1 fully saturated rings. The Labute approximate surface area is 215 Å². The van der Waals surface area contributed by atoms with E-state index in [4.69, 9.17) is 9.82 Å². The van der Waals surface area contributed by atoms with E-state index in [0.717, 1.165) is 54.8 Å². The second kappa shape index (κ2) is 10.9. The Morgan fingerprint density at radius 2 is 2.14 bits per heavy atom. The molecule has 0 radical (unpaired) electrons. The van der Waals surface area contributed by atoms with Gasteiger partial charge in [-0.1, -0.05) is 6.07 Å². The highest BCUT2D eigenvalue weighted by molar-refractivity contribution is 5.93. The van der Waals surface area contributed by atoms with Gasteiger partial charge in [0.1, 0.15) is 17.5 Å². The highest BCUT2D eigenvalue weighted by Crippen LogP contribution is 2.37. The minimum Gasteiger partial charge on any atom is -0.480 e. The van der Waals surface area contributed by atoms with E-state index in [1.54, 1.807) is 6.07 Å². The van der Waals surface area contributed by atoms with Crippen LogP contribution in [0.3, 0.4) is 0 Å². The van der Waals surface area contributed by atoms with Crippen molar-refractivity contribution in [2.45, 2.75) is 57.0 Å². The lowest BCUT2D eigenvalue weighted by Gasteiger charge is -2.43. The zero-order valence-electron chi connectivity index (χ0n) is 21.0. The van der Waals surface area contributed by atoms with Crippen LogP contribution in [0.15, 0.2) is 36.7 Å². The Morgan fingerprint density at radius 1 is 1.30 bits per heavy atom. The number of hydrogen-bond acceptors (Lipinski definition) is 8. The average Bonchev–Trinajstić information content (AvgIpc) is 3.25. The number of nitrogens with zero attached hydrogens (tertiary/aromatic N) is 4. The quantitative estimate of drug-likeness (QED) is 0.355. The van der Waals surface area contributed by atoms with Gasteiger partial charge in [-0.3, -0.25) is 4.79 Å². The number of carboxylic acids is 1. The van der Waals surface area contributed by atoms with Gasteiger partial charge < -0.3 is 24.9 Å². The first-order chi connectivity index (χ1) is 17.9. The maximum absolute atomic E-state index is 13.0. The second-order valence-corrected chi connectivity index (χ2v) is 10.0. The van der Waals surface area contributed by atoms with Crippen LogP contribution < -0.4 is 5.32 Å². The normalized spacial score (nSPS) is 19.6. The summed E-state index contributed by atoms with van der Waals surface area (Å²) in [6.45, 7) is 0.632. The summed E-state index contributed by atoms with van der Waals surface area (Å²) in [6.07, 6.45) is 8.63. The summed E-state index contributed by atoms with van der Waals surface area (Å²) in [4.78, 5) is 39.8. The Morgan fingerprint density at radius 3 is 2.92 bits per heavy atom. The fraction of sp³-hybridized carbons (Fsp3) is 0.481. The van der Waals surface area contributed by atoms with E-state index in [-0.39, 0.29) is 24.6 Å². The van der Waals surface area contributed by atoms with Crippen LogP contribution in [0.1, 0.15) is 53.7 Å². The Balaban J connectivity index is 1.23. The lowest BCUT2D eigenvalue weighted by molar-refractivity contribution is -0.204. The topological polar surface area (TPSA) is 130 Å². The van der Waals surface area contributed by atoms with Crippen LogP contribution in [0.5, 0.6) is 0 Å². The van der Waals surface area contributed by atoms with Crippen molar-refractivity contribution in [1.29, 1.82) is 0 Å². The molecule has 2 aliphatic rings. The van der Waals surface area contributed by atoms with Gasteiger partial charge in [0.2, 0.25) is 0 Å². The molecule has 10 nitrogen and oxygen atoms in total. The highest BCUT2D eigenvalue weighted by Gasteiger charge is 2.42. The summed E-state index contributed by atoms with van der Waals surface area (Å²) in [5.41, 5.74) is 3.30. The molecule has 3 aromatic rings. The van der Waals surface area contributed by atoms with E-state index >= 15 is 0 Å². The molecular weight excluding hydrogens is 474 g/mol. The van der Waals surface area contributed by atoms with E-state index in [1.807, 2.05) is 23.9 Å². The molecule has 1 aliphatic heterocycles. The van der Waals surface area contributed by atoms with E-state index in [1.165, 1.54) is 16.8 Å². The number of pyridine rings is 2. The van der Waals surface area contributed by atoms with Crippen LogP contribution in [0.4, 0.5) is 5.82 Å². The van der Waals surface area contributed by atoms with E-state index in [9.17, 15) is 19.8 Å². The smallest absolute Gasteiger partial charge is 0.358 e. The van der Waals surface area contributed by atoms with Crippen molar-refractivity contribution in [3.05, 3.63) is 53.5 Å². The number of nitrogens with one attached hydrogen (secondary N) is 1. The summed E-state index contributed by atoms with van der Waals surface area (Å²) in [5.74, 6) is -0.419. The number of anilines is 1. The summed E-state index contributed by atoms with van der Waals surface area (Å²) in [5, 5.41) is 24.7. The molecule has 1 saturated carbocycles. The molecule has 196 valence electrons. The second-order valence-electron chi connectivity index (χ2n) is 10.0. The molecule has 0 amide bonds. The number of aryl methyl sites for hydroxylation is 3.